The fourth-order valence-corrected chi connectivity index (χ4v) is 3.75. The number of nitrogens with zero attached hydrogens (tertiary/aromatic N) is 1. The van der Waals surface area contributed by atoms with Crippen LogP contribution in [0.15, 0.2) is 24.3 Å². The average molecular weight is 326 g/mol. The molecule has 0 saturated heterocycles. The van der Waals surface area contributed by atoms with Gasteiger partial charge in [-0.1, -0.05) is 37.1 Å². The maximum absolute atomic E-state index is 12.2. The molecule has 1 aromatic carbocycles. The highest BCUT2D eigenvalue weighted by atomic mass is 16.5. The summed E-state index contributed by atoms with van der Waals surface area (Å²) in [6.45, 7) is -0.319. The second-order valence-corrected chi connectivity index (χ2v) is 6.69. The average Bonchev–Trinajstić information content (AvgIpc) is 3.10. The van der Waals surface area contributed by atoms with E-state index < -0.39 is 11.4 Å². The SMILES string of the molecule is N#CC1(C(=O)OCC(=O)NC2CCCc3ccccc32)CCCC1. The molecule has 1 atom stereocenters. The number of aryl methyl sites for hydroxylation is 1. The number of esters is 1. The molecule has 24 heavy (non-hydrogen) atoms. The number of hydrogen-bond donors (Lipinski definition) is 1. The highest BCUT2D eigenvalue weighted by molar-refractivity contribution is 5.84. The molecule has 5 nitrogen and oxygen atoms in total. The number of ether oxygens (including phenoxy) is 1. The predicted octanol–water partition coefficient (Wildman–Crippen LogP) is 2.81. The number of hydrogen-bond acceptors (Lipinski definition) is 4. The molecule has 0 aliphatic heterocycles. The van der Waals surface area contributed by atoms with Crippen molar-refractivity contribution in [3.63, 3.8) is 0 Å². The maximum Gasteiger partial charge on any atom is 0.326 e. The lowest BCUT2D eigenvalue weighted by Gasteiger charge is -2.26. The number of nitrogens with one attached hydrogen (secondary N) is 1. The van der Waals surface area contributed by atoms with E-state index in [9.17, 15) is 14.9 Å². The van der Waals surface area contributed by atoms with Gasteiger partial charge in [0.15, 0.2) is 12.0 Å². The van der Waals surface area contributed by atoms with E-state index in [1.165, 1.54) is 5.56 Å². The summed E-state index contributed by atoms with van der Waals surface area (Å²) < 4.78 is 5.14. The van der Waals surface area contributed by atoms with Crippen LogP contribution in [-0.4, -0.2) is 18.5 Å². The maximum atomic E-state index is 12.2. The second-order valence-electron chi connectivity index (χ2n) is 6.69. The van der Waals surface area contributed by atoms with Crippen LogP contribution >= 0.6 is 0 Å². The number of carbonyl (C=O) groups is 2. The third-order valence-corrected chi connectivity index (χ3v) is 5.10. The van der Waals surface area contributed by atoms with Gasteiger partial charge < -0.3 is 10.1 Å². The molecular formula is C19H22N2O3. The van der Waals surface area contributed by atoms with E-state index in [2.05, 4.69) is 17.5 Å². The first-order chi connectivity index (χ1) is 11.6. The Bertz CT molecular complexity index is 671. The minimum atomic E-state index is -1.04. The fourth-order valence-electron chi connectivity index (χ4n) is 3.75. The summed E-state index contributed by atoms with van der Waals surface area (Å²) in [5.41, 5.74) is 1.37. The number of amides is 1. The highest BCUT2D eigenvalue weighted by Gasteiger charge is 2.43. The van der Waals surface area contributed by atoms with Gasteiger partial charge in [0.05, 0.1) is 12.1 Å². The van der Waals surface area contributed by atoms with E-state index in [-0.39, 0.29) is 18.6 Å². The topological polar surface area (TPSA) is 79.2 Å². The number of fused-ring (bicyclic) bond motifs is 1. The first-order valence-electron chi connectivity index (χ1n) is 8.60. The van der Waals surface area contributed by atoms with Gasteiger partial charge in [-0.15, -0.1) is 0 Å². The molecule has 1 N–H and O–H groups in total. The largest absolute Gasteiger partial charge is 0.454 e. The van der Waals surface area contributed by atoms with E-state index in [0.717, 1.165) is 37.7 Å². The molecule has 3 rings (SSSR count). The first-order valence-corrected chi connectivity index (χ1v) is 8.60. The predicted molar refractivity (Wildman–Crippen MR) is 87.7 cm³/mol. The van der Waals surface area contributed by atoms with Gasteiger partial charge in [-0.25, -0.2) is 0 Å². The van der Waals surface area contributed by atoms with Crippen molar-refractivity contribution in [3.05, 3.63) is 35.4 Å². The molecule has 0 aromatic heterocycles. The van der Waals surface area contributed by atoms with Gasteiger partial charge in [0.25, 0.3) is 5.91 Å². The lowest BCUT2D eigenvalue weighted by atomic mass is 9.88. The van der Waals surface area contributed by atoms with Crippen LogP contribution in [0.3, 0.4) is 0 Å². The molecule has 1 saturated carbocycles. The van der Waals surface area contributed by atoms with E-state index in [0.29, 0.717) is 12.8 Å². The number of benzene rings is 1. The summed E-state index contributed by atoms with van der Waals surface area (Å²) in [7, 11) is 0. The third-order valence-electron chi connectivity index (χ3n) is 5.10. The molecule has 2 aliphatic rings. The third kappa shape index (κ3) is 3.28. The van der Waals surface area contributed by atoms with Crippen molar-refractivity contribution in [1.82, 2.24) is 5.32 Å². The van der Waals surface area contributed by atoms with Crippen molar-refractivity contribution >= 4 is 11.9 Å². The summed E-state index contributed by atoms with van der Waals surface area (Å²) in [4.78, 5) is 24.3. The van der Waals surface area contributed by atoms with Crippen LogP contribution < -0.4 is 5.32 Å². The Morgan fingerprint density at radius 2 is 2.00 bits per heavy atom. The summed E-state index contributed by atoms with van der Waals surface area (Å²) >= 11 is 0. The van der Waals surface area contributed by atoms with Gasteiger partial charge in [-0.2, -0.15) is 5.26 Å². The van der Waals surface area contributed by atoms with Crippen LogP contribution in [-0.2, 0) is 20.7 Å². The van der Waals surface area contributed by atoms with Gasteiger partial charge in [0.2, 0.25) is 0 Å². The second kappa shape index (κ2) is 7.04. The fraction of sp³-hybridized carbons (Fsp3) is 0.526. The summed E-state index contributed by atoms with van der Waals surface area (Å²) in [6.07, 6.45) is 5.71. The minimum absolute atomic E-state index is 0.0300. The number of rotatable bonds is 4. The molecule has 126 valence electrons. The molecule has 1 aromatic rings. The van der Waals surface area contributed by atoms with Crippen molar-refractivity contribution in [2.75, 3.05) is 6.61 Å². The quantitative estimate of drug-likeness (QED) is 0.863. The Kier molecular flexibility index (Phi) is 4.84. The number of carbonyl (C=O) groups excluding carboxylic acids is 2. The monoisotopic (exact) mass is 326 g/mol. The van der Waals surface area contributed by atoms with Crippen molar-refractivity contribution in [3.8, 4) is 6.07 Å². The van der Waals surface area contributed by atoms with Gasteiger partial charge in [-0.05, 0) is 43.2 Å². The summed E-state index contributed by atoms with van der Waals surface area (Å²) in [5, 5.41) is 12.2. The van der Waals surface area contributed by atoms with Crippen molar-refractivity contribution in [2.24, 2.45) is 5.41 Å². The molecule has 0 heterocycles. The van der Waals surface area contributed by atoms with E-state index in [1.54, 1.807) is 0 Å². The van der Waals surface area contributed by atoms with E-state index in [1.807, 2.05) is 18.2 Å². The van der Waals surface area contributed by atoms with E-state index in [4.69, 9.17) is 4.74 Å². The molecule has 0 bridgehead atoms. The van der Waals surface area contributed by atoms with Crippen LogP contribution in [0.2, 0.25) is 0 Å². The zero-order chi connectivity index (χ0) is 17.0. The smallest absolute Gasteiger partial charge is 0.326 e. The molecule has 1 amide bonds. The summed E-state index contributed by atoms with van der Waals surface area (Å²) in [6, 6.07) is 10.2. The highest BCUT2D eigenvalue weighted by Crippen LogP contribution is 2.38. The van der Waals surface area contributed by atoms with Crippen molar-refractivity contribution in [2.45, 2.75) is 51.0 Å². The number of nitriles is 1. The molecule has 1 fully saturated rings. The Labute approximate surface area is 142 Å². The molecule has 5 heteroatoms. The zero-order valence-electron chi connectivity index (χ0n) is 13.7. The van der Waals surface area contributed by atoms with Gasteiger partial charge in [0, 0.05) is 0 Å². The zero-order valence-corrected chi connectivity index (χ0v) is 13.7. The van der Waals surface area contributed by atoms with Crippen LogP contribution in [0.1, 0.15) is 55.7 Å². The minimum Gasteiger partial charge on any atom is -0.454 e. The Balaban J connectivity index is 1.55. The van der Waals surface area contributed by atoms with Crippen LogP contribution in [0.5, 0.6) is 0 Å². The van der Waals surface area contributed by atoms with Crippen LogP contribution in [0, 0.1) is 16.7 Å². The van der Waals surface area contributed by atoms with E-state index >= 15 is 0 Å². The molecule has 0 radical (unpaired) electrons. The first kappa shape index (κ1) is 16.5. The van der Waals surface area contributed by atoms with Crippen molar-refractivity contribution < 1.29 is 14.3 Å². The lowest BCUT2D eigenvalue weighted by molar-refractivity contribution is -0.156. The lowest BCUT2D eigenvalue weighted by Crippen LogP contribution is -2.36. The Morgan fingerprint density at radius 3 is 2.75 bits per heavy atom. The van der Waals surface area contributed by atoms with Gasteiger partial charge >= 0.3 is 5.97 Å². The van der Waals surface area contributed by atoms with Gasteiger partial charge in [0.1, 0.15) is 0 Å². The van der Waals surface area contributed by atoms with Crippen molar-refractivity contribution in [1.29, 1.82) is 5.26 Å². The van der Waals surface area contributed by atoms with Gasteiger partial charge in [-0.3, -0.25) is 9.59 Å². The molecule has 2 aliphatic carbocycles. The molecule has 0 spiro atoms. The molecule has 1 unspecified atom stereocenters. The van der Waals surface area contributed by atoms with Crippen LogP contribution in [0.25, 0.3) is 0 Å². The normalized spacial score (nSPS) is 21.4. The summed E-state index contributed by atoms with van der Waals surface area (Å²) in [5.74, 6) is -0.863. The molecular weight excluding hydrogens is 304 g/mol. The van der Waals surface area contributed by atoms with Crippen LogP contribution in [0.4, 0.5) is 0 Å². The standard InChI is InChI=1S/C19H22N2O3/c20-13-19(10-3-4-11-19)18(23)24-12-17(22)21-16-9-5-7-14-6-1-2-8-15(14)16/h1-2,6,8,16H,3-5,7,9-12H2,(H,21,22). The Hall–Kier alpha value is -2.35. The Morgan fingerprint density at radius 1 is 1.25 bits per heavy atom.